The number of benzene rings is 1. The monoisotopic (exact) mass is 243 g/mol. The number of fused-ring (bicyclic) bond motifs is 1. The fourth-order valence-corrected chi connectivity index (χ4v) is 2.51. The van der Waals surface area contributed by atoms with Crippen molar-refractivity contribution in [1.82, 2.24) is 4.98 Å². The molecule has 1 saturated carbocycles. The van der Waals surface area contributed by atoms with Gasteiger partial charge >= 0.3 is 0 Å². The van der Waals surface area contributed by atoms with E-state index in [0.717, 1.165) is 28.6 Å². The number of carbonyl (C=O) groups excluding carboxylic acids is 1. The average molecular weight is 243 g/mol. The Balaban J connectivity index is 2.09. The van der Waals surface area contributed by atoms with Crippen LogP contribution in [0.1, 0.15) is 30.6 Å². The van der Waals surface area contributed by atoms with Crippen LogP contribution in [0.3, 0.4) is 0 Å². The van der Waals surface area contributed by atoms with Gasteiger partial charge in [-0.2, -0.15) is 0 Å². The van der Waals surface area contributed by atoms with Gasteiger partial charge in [-0.05, 0) is 31.4 Å². The van der Waals surface area contributed by atoms with Crippen molar-refractivity contribution in [1.29, 1.82) is 0 Å². The molecule has 1 N–H and O–H groups in total. The third-order valence-corrected chi connectivity index (χ3v) is 3.68. The van der Waals surface area contributed by atoms with E-state index in [9.17, 15) is 4.79 Å². The van der Waals surface area contributed by atoms with Crippen LogP contribution in [-0.4, -0.2) is 17.4 Å². The molecule has 0 spiro atoms. The SMILES string of the molecule is CCOc1cccc2[nH]cc(C(=O)C3CC3C)c12. The highest BCUT2D eigenvalue weighted by Gasteiger charge is 2.40. The Morgan fingerprint density at radius 2 is 2.28 bits per heavy atom. The fourth-order valence-electron chi connectivity index (χ4n) is 2.51. The van der Waals surface area contributed by atoms with E-state index < -0.39 is 0 Å². The van der Waals surface area contributed by atoms with Crippen LogP contribution in [-0.2, 0) is 0 Å². The lowest BCUT2D eigenvalue weighted by Gasteiger charge is -2.06. The molecule has 94 valence electrons. The van der Waals surface area contributed by atoms with E-state index in [2.05, 4.69) is 11.9 Å². The average Bonchev–Trinajstić information content (AvgIpc) is 2.93. The first-order valence-corrected chi connectivity index (χ1v) is 6.49. The summed E-state index contributed by atoms with van der Waals surface area (Å²) in [5, 5.41) is 0.934. The van der Waals surface area contributed by atoms with Crippen molar-refractivity contribution in [2.24, 2.45) is 11.8 Å². The second-order valence-electron chi connectivity index (χ2n) is 5.00. The standard InChI is InChI=1S/C15H17NO2/c1-3-18-13-6-4-5-12-14(13)11(8-16-12)15(17)10-7-9(10)2/h4-6,8-10,16H,3,7H2,1-2H3. The maximum absolute atomic E-state index is 12.4. The lowest BCUT2D eigenvalue weighted by molar-refractivity contribution is 0.0963. The zero-order chi connectivity index (χ0) is 12.7. The van der Waals surface area contributed by atoms with Crippen LogP contribution in [0.25, 0.3) is 10.9 Å². The summed E-state index contributed by atoms with van der Waals surface area (Å²) < 4.78 is 5.62. The molecule has 2 aromatic rings. The van der Waals surface area contributed by atoms with Crippen molar-refractivity contribution in [3.63, 3.8) is 0 Å². The first kappa shape index (κ1) is 11.3. The van der Waals surface area contributed by atoms with E-state index in [-0.39, 0.29) is 11.7 Å². The first-order chi connectivity index (χ1) is 8.72. The molecular weight excluding hydrogens is 226 g/mol. The summed E-state index contributed by atoms with van der Waals surface area (Å²) in [5.74, 6) is 1.79. The molecule has 2 atom stereocenters. The quantitative estimate of drug-likeness (QED) is 0.836. The molecule has 0 saturated heterocycles. The zero-order valence-corrected chi connectivity index (χ0v) is 10.7. The third-order valence-electron chi connectivity index (χ3n) is 3.68. The van der Waals surface area contributed by atoms with Crippen LogP contribution >= 0.6 is 0 Å². The van der Waals surface area contributed by atoms with Gasteiger partial charge in [-0.15, -0.1) is 0 Å². The molecule has 3 heteroatoms. The van der Waals surface area contributed by atoms with Gasteiger partial charge in [0, 0.05) is 23.2 Å². The Kier molecular flexibility index (Phi) is 2.62. The summed E-state index contributed by atoms with van der Waals surface area (Å²) >= 11 is 0. The second-order valence-corrected chi connectivity index (χ2v) is 5.00. The molecule has 1 aliphatic rings. The van der Waals surface area contributed by atoms with Crippen molar-refractivity contribution in [2.45, 2.75) is 20.3 Å². The normalized spacial score (nSPS) is 22.1. The minimum atomic E-state index is 0.207. The molecule has 0 aliphatic heterocycles. The minimum Gasteiger partial charge on any atom is -0.493 e. The predicted molar refractivity (Wildman–Crippen MR) is 71.1 cm³/mol. The summed E-state index contributed by atoms with van der Waals surface area (Å²) in [6.07, 6.45) is 2.84. The van der Waals surface area contributed by atoms with Crippen molar-refractivity contribution in [3.05, 3.63) is 30.0 Å². The lowest BCUT2D eigenvalue weighted by atomic mass is 10.0. The number of nitrogens with one attached hydrogen (secondary N) is 1. The molecule has 0 bridgehead atoms. The molecule has 3 rings (SSSR count). The Labute approximate surface area is 106 Å². The molecule has 1 aliphatic carbocycles. The smallest absolute Gasteiger partial charge is 0.168 e. The van der Waals surface area contributed by atoms with Crippen LogP contribution in [0, 0.1) is 11.8 Å². The van der Waals surface area contributed by atoms with Crippen LogP contribution < -0.4 is 4.74 Å². The summed E-state index contributed by atoms with van der Waals surface area (Å²) in [6, 6.07) is 5.84. The molecule has 0 amide bonds. The van der Waals surface area contributed by atoms with Gasteiger partial charge in [-0.3, -0.25) is 4.79 Å². The molecule has 1 aromatic heterocycles. The first-order valence-electron chi connectivity index (χ1n) is 6.49. The topological polar surface area (TPSA) is 42.1 Å². The molecule has 0 radical (unpaired) electrons. The number of aromatic nitrogens is 1. The summed E-state index contributed by atoms with van der Waals surface area (Å²) in [5.41, 5.74) is 1.75. The van der Waals surface area contributed by atoms with Crippen LogP contribution in [0.2, 0.25) is 0 Å². The van der Waals surface area contributed by atoms with Gasteiger partial charge in [0.2, 0.25) is 0 Å². The van der Waals surface area contributed by atoms with Gasteiger partial charge in [-0.25, -0.2) is 0 Å². The Hall–Kier alpha value is -1.77. The van der Waals surface area contributed by atoms with Crippen molar-refractivity contribution < 1.29 is 9.53 Å². The number of Topliss-reactive ketones (excluding diaryl/α,β-unsaturated/α-hetero) is 1. The Bertz CT molecular complexity index is 600. The highest BCUT2D eigenvalue weighted by molar-refractivity contribution is 6.11. The van der Waals surface area contributed by atoms with Gasteiger partial charge in [0.25, 0.3) is 0 Å². The number of hydrogen-bond acceptors (Lipinski definition) is 2. The molecule has 18 heavy (non-hydrogen) atoms. The number of ketones is 1. The van der Waals surface area contributed by atoms with Gasteiger partial charge in [-0.1, -0.05) is 13.0 Å². The van der Waals surface area contributed by atoms with E-state index in [4.69, 9.17) is 4.74 Å². The van der Waals surface area contributed by atoms with E-state index in [0.29, 0.717) is 12.5 Å². The molecular formula is C15H17NO2. The summed E-state index contributed by atoms with van der Waals surface area (Å²) in [4.78, 5) is 15.5. The van der Waals surface area contributed by atoms with E-state index in [1.807, 2.05) is 31.3 Å². The Morgan fingerprint density at radius 3 is 2.94 bits per heavy atom. The number of hydrogen-bond donors (Lipinski definition) is 1. The maximum atomic E-state index is 12.4. The highest BCUT2D eigenvalue weighted by atomic mass is 16.5. The van der Waals surface area contributed by atoms with Crippen LogP contribution in [0.15, 0.2) is 24.4 Å². The van der Waals surface area contributed by atoms with Crippen molar-refractivity contribution in [2.75, 3.05) is 6.61 Å². The lowest BCUT2D eigenvalue weighted by Crippen LogP contribution is -2.02. The molecule has 1 fully saturated rings. The molecule has 1 heterocycles. The number of ether oxygens (including phenoxy) is 1. The number of carbonyl (C=O) groups is 1. The molecule has 3 nitrogen and oxygen atoms in total. The number of H-pyrrole nitrogens is 1. The largest absolute Gasteiger partial charge is 0.493 e. The number of aromatic amines is 1. The van der Waals surface area contributed by atoms with Crippen LogP contribution in [0.4, 0.5) is 0 Å². The summed E-state index contributed by atoms with van der Waals surface area (Å²) in [7, 11) is 0. The van der Waals surface area contributed by atoms with Crippen molar-refractivity contribution in [3.8, 4) is 5.75 Å². The van der Waals surface area contributed by atoms with E-state index in [1.54, 1.807) is 0 Å². The minimum absolute atomic E-state index is 0.207. The summed E-state index contributed by atoms with van der Waals surface area (Å²) in [6.45, 7) is 4.69. The van der Waals surface area contributed by atoms with Gasteiger partial charge in [0.05, 0.1) is 12.0 Å². The Morgan fingerprint density at radius 1 is 1.50 bits per heavy atom. The number of rotatable bonds is 4. The van der Waals surface area contributed by atoms with Gasteiger partial charge in [0.15, 0.2) is 5.78 Å². The van der Waals surface area contributed by atoms with Crippen molar-refractivity contribution >= 4 is 16.7 Å². The maximum Gasteiger partial charge on any atom is 0.168 e. The molecule has 2 unspecified atom stereocenters. The zero-order valence-electron chi connectivity index (χ0n) is 10.7. The van der Waals surface area contributed by atoms with Gasteiger partial charge < -0.3 is 9.72 Å². The molecule has 1 aromatic carbocycles. The van der Waals surface area contributed by atoms with E-state index in [1.165, 1.54) is 0 Å². The predicted octanol–water partition coefficient (Wildman–Crippen LogP) is 3.41. The van der Waals surface area contributed by atoms with E-state index >= 15 is 0 Å². The third kappa shape index (κ3) is 1.70. The highest BCUT2D eigenvalue weighted by Crippen LogP contribution is 2.42. The van der Waals surface area contributed by atoms with Crippen LogP contribution in [0.5, 0.6) is 5.75 Å². The van der Waals surface area contributed by atoms with Gasteiger partial charge in [0.1, 0.15) is 5.75 Å². The fraction of sp³-hybridized carbons (Fsp3) is 0.400. The second kappa shape index (κ2) is 4.16.